The number of nitrogens with one attached hydrogen (secondary N) is 7. The van der Waals surface area contributed by atoms with Crippen molar-refractivity contribution >= 4 is 47.3 Å². The fraction of sp³-hybridized carbons (Fsp3) is 0.852. The van der Waals surface area contributed by atoms with E-state index in [4.69, 9.17) is 24.1 Å². The Morgan fingerprint density at radius 2 is 0.947 bits per heavy atom. The molecule has 0 aromatic carbocycles. The van der Waals surface area contributed by atoms with Gasteiger partial charge >= 0.3 is 11.9 Å². The second-order valence-electron chi connectivity index (χ2n) is 19.7. The molecule has 1 aliphatic carbocycles. The Morgan fingerprint density at radius 1 is 0.480 bits per heavy atom. The van der Waals surface area contributed by atoms with E-state index in [0.717, 1.165) is 64.2 Å². The number of carbonyl (C=O) groups is 8. The van der Waals surface area contributed by atoms with Crippen LogP contribution in [0.25, 0.3) is 0 Å². The van der Waals surface area contributed by atoms with Crippen molar-refractivity contribution in [3.8, 4) is 0 Å². The van der Waals surface area contributed by atoms with Crippen LogP contribution >= 0.6 is 0 Å². The molecule has 21 heteroatoms. The van der Waals surface area contributed by atoms with Gasteiger partial charge in [0.1, 0.15) is 25.0 Å². The summed E-state index contributed by atoms with van der Waals surface area (Å²) >= 11 is 0. The molecule has 0 radical (unpaired) electrons. The molecule has 2 unspecified atom stereocenters. The number of unbranched alkanes of at least 4 members (excludes halogenated alkanes) is 16. The molecule has 0 aliphatic heterocycles. The highest BCUT2D eigenvalue weighted by Crippen LogP contribution is 2.29. The highest BCUT2D eigenvalue weighted by molar-refractivity contribution is 5.86. The summed E-state index contributed by atoms with van der Waals surface area (Å²) < 4.78 is 21.5. The maximum Gasteiger partial charge on any atom is 0.326 e. The molecule has 434 valence electrons. The van der Waals surface area contributed by atoms with Crippen LogP contribution in [0.4, 0.5) is 0 Å². The highest BCUT2D eigenvalue weighted by Gasteiger charge is 2.30. The summed E-state index contributed by atoms with van der Waals surface area (Å²) in [5.74, 6) is -3.04. The van der Waals surface area contributed by atoms with E-state index in [0.29, 0.717) is 51.7 Å². The van der Waals surface area contributed by atoms with Gasteiger partial charge in [-0.25, -0.2) is 10.2 Å². The zero-order chi connectivity index (χ0) is 55.0. The van der Waals surface area contributed by atoms with Crippen LogP contribution in [0.3, 0.4) is 0 Å². The summed E-state index contributed by atoms with van der Waals surface area (Å²) in [5, 5.41) is 32.2. The van der Waals surface area contributed by atoms with E-state index < -0.39 is 18.0 Å². The Bertz CT molecular complexity index is 1550. The van der Waals surface area contributed by atoms with E-state index in [1.165, 1.54) is 64.2 Å². The molecule has 0 heterocycles. The molecule has 5 amide bonds. The number of aliphatic carboxylic acids is 2. The fourth-order valence-corrected chi connectivity index (χ4v) is 8.62. The van der Waals surface area contributed by atoms with Crippen molar-refractivity contribution in [1.29, 1.82) is 0 Å². The molecule has 0 aromatic heterocycles. The van der Waals surface area contributed by atoms with Gasteiger partial charge in [0.15, 0.2) is 0 Å². The summed E-state index contributed by atoms with van der Waals surface area (Å²) in [6.07, 6.45) is 24.3. The second-order valence-corrected chi connectivity index (χ2v) is 19.7. The van der Waals surface area contributed by atoms with Crippen molar-refractivity contribution < 1.29 is 67.5 Å². The van der Waals surface area contributed by atoms with Gasteiger partial charge in [-0.1, -0.05) is 96.8 Å². The lowest BCUT2D eigenvalue weighted by atomic mass is 9.81. The molecule has 1 fully saturated rings. The van der Waals surface area contributed by atoms with Crippen LogP contribution in [-0.2, 0) is 57.3 Å². The van der Waals surface area contributed by atoms with Gasteiger partial charge in [-0.05, 0) is 77.0 Å². The number of carboxylic acids is 2. The van der Waals surface area contributed by atoms with Crippen molar-refractivity contribution in [3.05, 3.63) is 0 Å². The number of hydrazine groups is 1. The van der Waals surface area contributed by atoms with E-state index >= 15 is 0 Å². The molecule has 75 heavy (non-hydrogen) atoms. The zero-order valence-electron chi connectivity index (χ0n) is 45.9. The predicted molar refractivity (Wildman–Crippen MR) is 285 cm³/mol. The lowest BCUT2D eigenvalue weighted by Gasteiger charge is -2.28. The Kier molecular flexibility index (Phi) is 44.1. The third-order valence-corrected chi connectivity index (χ3v) is 13.2. The van der Waals surface area contributed by atoms with Gasteiger partial charge in [0.25, 0.3) is 0 Å². The Labute approximate surface area is 447 Å². The minimum Gasteiger partial charge on any atom is -0.481 e. The van der Waals surface area contributed by atoms with Gasteiger partial charge in [0.05, 0.1) is 45.7 Å². The Hall–Kier alpha value is -4.28. The molecule has 0 spiro atoms. The van der Waals surface area contributed by atoms with E-state index in [2.05, 4.69) is 37.4 Å². The second kappa shape index (κ2) is 48.1. The highest BCUT2D eigenvalue weighted by atomic mass is 16.5. The first-order chi connectivity index (χ1) is 36.3. The number of hydrogen-bond acceptors (Lipinski definition) is 14. The summed E-state index contributed by atoms with van der Waals surface area (Å²) in [4.78, 5) is 95.9. The zero-order valence-corrected chi connectivity index (χ0v) is 45.9. The average Bonchev–Trinajstić information content (AvgIpc) is 3.38. The van der Waals surface area contributed by atoms with Crippen LogP contribution in [0.2, 0.25) is 0 Å². The summed E-state index contributed by atoms with van der Waals surface area (Å²) in [6.45, 7) is 6.75. The first kappa shape index (κ1) is 68.7. The molecule has 21 nitrogen and oxygen atoms in total. The number of ether oxygens (including phenoxy) is 4. The van der Waals surface area contributed by atoms with E-state index in [-0.39, 0.29) is 132 Å². The first-order valence-electron chi connectivity index (χ1n) is 28.4. The summed E-state index contributed by atoms with van der Waals surface area (Å²) in [6, 6.07) is -1.44. The topological polar surface area (TPSA) is 298 Å². The number of ketones is 1. The van der Waals surface area contributed by atoms with Crippen LogP contribution in [0.5, 0.6) is 0 Å². The minimum absolute atomic E-state index is 0.0567. The molecule has 1 aliphatic rings. The van der Waals surface area contributed by atoms with Gasteiger partial charge < -0.3 is 55.7 Å². The fourth-order valence-electron chi connectivity index (χ4n) is 8.62. The van der Waals surface area contributed by atoms with Crippen molar-refractivity contribution in [2.75, 3.05) is 85.6 Å². The molecule has 0 aromatic rings. The monoisotopic (exact) mass is 1070 g/mol. The minimum atomic E-state index is -1.20. The van der Waals surface area contributed by atoms with Crippen LogP contribution in [0, 0.1) is 11.8 Å². The standard InChI is InChI=1S/C54H99N7O14/c1-3-59-61-46(43(2)62)22-20-21-31-55-50(65)41-74-38-37-73-35-33-57-51(66)42-75-39-36-72-34-32-56-49(64)30-29-47(54(70)71)60-53(69)45-27-25-44(26-28-45)40-58-48(63)23-18-16-14-12-10-8-6-4-5-7-9-11-13-15-17-19-24-52(67)68/h44-47,59,61H,3-42H2,1-2H3,(H,55,65)(H,56,64)(H,57,66)(H,58,63)(H,60,69)(H,67,68)(H,70,71). The Morgan fingerprint density at radius 3 is 1.44 bits per heavy atom. The lowest BCUT2D eigenvalue weighted by Crippen LogP contribution is -2.45. The number of hydrogen-bond donors (Lipinski definition) is 9. The van der Waals surface area contributed by atoms with Crippen LogP contribution in [-0.4, -0.2) is 155 Å². The van der Waals surface area contributed by atoms with E-state index in [1.54, 1.807) is 6.92 Å². The van der Waals surface area contributed by atoms with Gasteiger partial charge in [-0.3, -0.25) is 39.0 Å². The van der Waals surface area contributed by atoms with Crippen molar-refractivity contribution in [2.45, 2.75) is 199 Å². The number of amides is 5. The van der Waals surface area contributed by atoms with Crippen LogP contribution in [0.1, 0.15) is 187 Å². The van der Waals surface area contributed by atoms with Gasteiger partial charge in [0, 0.05) is 57.9 Å². The van der Waals surface area contributed by atoms with E-state index in [9.17, 15) is 43.5 Å². The van der Waals surface area contributed by atoms with Crippen LogP contribution in [0.15, 0.2) is 0 Å². The van der Waals surface area contributed by atoms with Crippen molar-refractivity contribution in [2.24, 2.45) is 11.8 Å². The quantitative estimate of drug-likeness (QED) is 0.0285. The van der Waals surface area contributed by atoms with Gasteiger partial charge in [-0.15, -0.1) is 0 Å². The van der Waals surface area contributed by atoms with Crippen molar-refractivity contribution in [1.82, 2.24) is 37.4 Å². The summed E-state index contributed by atoms with van der Waals surface area (Å²) in [7, 11) is 0. The molecular weight excluding hydrogens is 971 g/mol. The Balaban J connectivity index is 1.97. The molecule has 1 rings (SSSR count). The summed E-state index contributed by atoms with van der Waals surface area (Å²) in [5.41, 5.74) is 5.95. The predicted octanol–water partition coefficient (Wildman–Crippen LogP) is 5.02. The maximum atomic E-state index is 13.0. The average molecular weight is 1070 g/mol. The molecule has 0 saturated heterocycles. The number of carboxylic acid groups (broad SMARTS) is 2. The molecule has 0 bridgehead atoms. The SMILES string of the molecule is CCNNC(CCCCNC(=O)COCCOCCNC(=O)COCCOCCNC(=O)CCC(NC(=O)C1CCC(CNC(=O)CCCCCCCCCCCCCCCCCCC(=O)O)CC1)C(=O)O)C(C)=O. The molecular formula is C54H99N7O14. The third-order valence-electron chi connectivity index (χ3n) is 13.2. The molecule has 9 N–H and O–H groups in total. The maximum absolute atomic E-state index is 13.0. The van der Waals surface area contributed by atoms with Crippen LogP contribution < -0.4 is 37.4 Å². The first-order valence-corrected chi connectivity index (χ1v) is 28.4. The number of rotatable bonds is 52. The number of carbonyl (C=O) groups excluding carboxylic acids is 6. The third kappa shape index (κ3) is 42.5. The van der Waals surface area contributed by atoms with Crippen molar-refractivity contribution in [3.63, 3.8) is 0 Å². The van der Waals surface area contributed by atoms with Gasteiger partial charge in [0.2, 0.25) is 29.5 Å². The smallest absolute Gasteiger partial charge is 0.326 e. The van der Waals surface area contributed by atoms with Gasteiger partial charge in [-0.2, -0.15) is 0 Å². The largest absolute Gasteiger partial charge is 0.481 e. The normalized spacial score (nSPS) is 15.1. The molecule has 2 atom stereocenters. The molecule has 1 saturated carbocycles. The van der Waals surface area contributed by atoms with E-state index in [1.807, 2.05) is 6.92 Å². The lowest BCUT2D eigenvalue weighted by molar-refractivity contribution is -0.143. The number of Topliss-reactive ketones (excluding diaryl/α,β-unsaturated/α-hetero) is 1.